The van der Waals surface area contributed by atoms with Crippen molar-refractivity contribution in [3.05, 3.63) is 33.8 Å². The Bertz CT molecular complexity index is 380. The van der Waals surface area contributed by atoms with Crippen molar-refractivity contribution in [3.8, 4) is 0 Å². The average Bonchev–Trinajstić information content (AvgIpc) is 2.36. The van der Waals surface area contributed by atoms with E-state index in [0.29, 0.717) is 16.1 Å². The van der Waals surface area contributed by atoms with Crippen LogP contribution < -0.4 is 5.32 Å². The lowest BCUT2D eigenvalue weighted by atomic mass is 9.87. The molecule has 1 heterocycles. The molecule has 0 saturated carbocycles. The number of hydrogen-bond donors (Lipinski definition) is 2. The van der Waals surface area contributed by atoms with Gasteiger partial charge in [-0.1, -0.05) is 35.7 Å². The molecule has 18 heavy (non-hydrogen) atoms. The maximum absolute atomic E-state index is 9.58. The number of nitrogens with one attached hydrogen (secondary N) is 1. The summed E-state index contributed by atoms with van der Waals surface area (Å²) in [5, 5.41) is 14.2. The van der Waals surface area contributed by atoms with Crippen molar-refractivity contribution in [2.45, 2.75) is 31.2 Å². The maximum Gasteiger partial charge on any atom is 0.0595 e. The zero-order valence-electron chi connectivity index (χ0n) is 10.0. The quantitative estimate of drug-likeness (QED) is 0.893. The van der Waals surface area contributed by atoms with Gasteiger partial charge in [0.05, 0.1) is 16.7 Å². The molecule has 102 valence electrons. The van der Waals surface area contributed by atoms with Crippen LogP contribution in [-0.2, 0) is 0 Å². The number of hydrogen-bond acceptors (Lipinski definition) is 2. The molecule has 0 unspecified atom stereocenters. The molecule has 1 aliphatic rings. The third kappa shape index (κ3) is 3.75. The fraction of sp³-hybridized carbons (Fsp3) is 0.538. The summed E-state index contributed by atoms with van der Waals surface area (Å²) in [6, 6.07) is 5.95. The molecule has 0 amide bonds. The van der Waals surface area contributed by atoms with E-state index >= 15 is 0 Å². The first-order chi connectivity index (χ1) is 8.22. The Morgan fingerprint density at radius 2 is 2.06 bits per heavy atom. The molecule has 0 radical (unpaired) electrons. The van der Waals surface area contributed by atoms with Gasteiger partial charge >= 0.3 is 0 Å². The van der Waals surface area contributed by atoms with Gasteiger partial charge in [0.15, 0.2) is 0 Å². The number of rotatable bonds is 3. The number of benzene rings is 1. The summed E-state index contributed by atoms with van der Waals surface area (Å²) in [4.78, 5) is 0. The molecule has 2 rings (SSSR count). The molecule has 1 aliphatic heterocycles. The van der Waals surface area contributed by atoms with Gasteiger partial charge in [-0.05, 0) is 37.1 Å². The van der Waals surface area contributed by atoms with E-state index < -0.39 is 0 Å². The van der Waals surface area contributed by atoms with Crippen LogP contribution in [0.2, 0.25) is 10.0 Å². The van der Waals surface area contributed by atoms with E-state index in [1.54, 1.807) is 6.07 Å². The van der Waals surface area contributed by atoms with Gasteiger partial charge in [0.2, 0.25) is 0 Å². The third-order valence-corrected chi connectivity index (χ3v) is 4.14. The lowest BCUT2D eigenvalue weighted by Crippen LogP contribution is -2.40. The monoisotopic (exact) mass is 309 g/mol. The maximum atomic E-state index is 9.58. The van der Waals surface area contributed by atoms with Crippen LogP contribution >= 0.6 is 35.6 Å². The third-order valence-electron chi connectivity index (χ3n) is 3.40. The van der Waals surface area contributed by atoms with Gasteiger partial charge in [-0.25, -0.2) is 0 Å². The minimum absolute atomic E-state index is 0. The van der Waals surface area contributed by atoms with E-state index in [-0.39, 0.29) is 24.9 Å². The Morgan fingerprint density at radius 3 is 2.61 bits per heavy atom. The van der Waals surface area contributed by atoms with Crippen molar-refractivity contribution in [3.63, 3.8) is 0 Å². The molecule has 0 aromatic heterocycles. The SMILES string of the molecule is Cl.OC[C@H](c1ccc(Cl)c(Cl)c1)[C@H]1CCCCN1. The molecule has 0 aliphatic carbocycles. The minimum Gasteiger partial charge on any atom is -0.396 e. The number of aliphatic hydroxyl groups is 1. The molecule has 0 spiro atoms. The predicted molar refractivity (Wildman–Crippen MR) is 79.2 cm³/mol. The molecular weight excluding hydrogens is 293 g/mol. The summed E-state index contributed by atoms with van der Waals surface area (Å²) in [5.41, 5.74) is 1.06. The number of halogens is 3. The second-order valence-corrected chi connectivity index (χ2v) is 5.33. The van der Waals surface area contributed by atoms with Crippen molar-refractivity contribution < 1.29 is 5.11 Å². The molecule has 0 bridgehead atoms. The van der Waals surface area contributed by atoms with Crippen LogP contribution in [-0.4, -0.2) is 24.3 Å². The Labute approximate surface area is 124 Å². The molecule has 2 N–H and O–H groups in total. The topological polar surface area (TPSA) is 32.3 Å². The lowest BCUT2D eigenvalue weighted by Gasteiger charge is -2.30. The van der Waals surface area contributed by atoms with E-state index in [9.17, 15) is 5.11 Å². The summed E-state index contributed by atoms with van der Waals surface area (Å²) in [6.07, 6.45) is 3.54. The van der Waals surface area contributed by atoms with E-state index in [1.807, 2.05) is 12.1 Å². The van der Waals surface area contributed by atoms with Crippen LogP contribution in [0.15, 0.2) is 18.2 Å². The van der Waals surface area contributed by atoms with E-state index in [2.05, 4.69) is 5.32 Å². The van der Waals surface area contributed by atoms with Crippen molar-refractivity contribution in [2.24, 2.45) is 0 Å². The molecular formula is C13H18Cl3NO. The lowest BCUT2D eigenvalue weighted by molar-refractivity contribution is 0.219. The normalized spacial score (nSPS) is 21.2. The second kappa shape index (κ2) is 7.56. The summed E-state index contributed by atoms with van der Waals surface area (Å²) < 4.78 is 0. The largest absolute Gasteiger partial charge is 0.396 e. The number of piperidine rings is 1. The summed E-state index contributed by atoms with van der Waals surface area (Å²) in [6.45, 7) is 1.16. The van der Waals surface area contributed by atoms with Gasteiger partial charge in [0.1, 0.15) is 0 Å². The molecule has 2 nitrogen and oxygen atoms in total. The zero-order chi connectivity index (χ0) is 12.3. The van der Waals surface area contributed by atoms with Crippen molar-refractivity contribution in [1.82, 2.24) is 5.32 Å². The van der Waals surface area contributed by atoms with Crippen LogP contribution in [0.25, 0.3) is 0 Å². The highest BCUT2D eigenvalue weighted by atomic mass is 35.5. The predicted octanol–water partition coefficient (Wildman–Crippen LogP) is 3.63. The van der Waals surface area contributed by atoms with Crippen molar-refractivity contribution in [1.29, 1.82) is 0 Å². The van der Waals surface area contributed by atoms with Crippen LogP contribution in [0.5, 0.6) is 0 Å². The van der Waals surface area contributed by atoms with E-state index in [0.717, 1.165) is 18.5 Å². The molecule has 1 fully saturated rings. The van der Waals surface area contributed by atoms with Crippen molar-refractivity contribution >= 4 is 35.6 Å². The van der Waals surface area contributed by atoms with Crippen LogP contribution in [0.3, 0.4) is 0 Å². The Hall–Kier alpha value is 0.01000. The molecule has 1 aromatic carbocycles. The highest BCUT2D eigenvalue weighted by Gasteiger charge is 2.24. The first-order valence-electron chi connectivity index (χ1n) is 6.01. The Balaban J connectivity index is 0.00000162. The first kappa shape index (κ1) is 16.1. The van der Waals surface area contributed by atoms with Crippen LogP contribution in [0, 0.1) is 0 Å². The van der Waals surface area contributed by atoms with Gasteiger partial charge in [0, 0.05) is 12.0 Å². The minimum atomic E-state index is 0. The zero-order valence-corrected chi connectivity index (χ0v) is 12.4. The fourth-order valence-corrected chi connectivity index (χ4v) is 2.74. The highest BCUT2D eigenvalue weighted by Crippen LogP contribution is 2.30. The van der Waals surface area contributed by atoms with Gasteiger partial charge in [-0.15, -0.1) is 12.4 Å². The summed E-state index contributed by atoms with van der Waals surface area (Å²) >= 11 is 11.9. The Morgan fingerprint density at radius 1 is 1.28 bits per heavy atom. The van der Waals surface area contributed by atoms with Gasteiger partial charge in [-0.2, -0.15) is 0 Å². The average molecular weight is 311 g/mol. The van der Waals surface area contributed by atoms with E-state index in [4.69, 9.17) is 23.2 Å². The first-order valence-corrected chi connectivity index (χ1v) is 6.77. The van der Waals surface area contributed by atoms with Gasteiger partial charge in [-0.3, -0.25) is 0 Å². The summed E-state index contributed by atoms with van der Waals surface area (Å²) in [5.74, 6) is 0.102. The van der Waals surface area contributed by atoms with Crippen molar-refractivity contribution in [2.75, 3.05) is 13.2 Å². The Kier molecular flexibility index (Phi) is 6.75. The van der Waals surface area contributed by atoms with Crippen LogP contribution in [0.4, 0.5) is 0 Å². The molecule has 1 aromatic rings. The molecule has 2 atom stereocenters. The van der Waals surface area contributed by atoms with E-state index in [1.165, 1.54) is 12.8 Å². The van der Waals surface area contributed by atoms with Gasteiger partial charge in [0.25, 0.3) is 0 Å². The summed E-state index contributed by atoms with van der Waals surface area (Å²) in [7, 11) is 0. The molecule has 1 saturated heterocycles. The number of aliphatic hydroxyl groups excluding tert-OH is 1. The molecule has 5 heteroatoms. The smallest absolute Gasteiger partial charge is 0.0595 e. The fourth-order valence-electron chi connectivity index (χ4n) is 2.43. The van der Waals surface area contributed by atoms with Crippen LogP contribution in [0.1, 0.15) is 30.7 Å². The second-order valence-electron chi connectivity index (χ2n) is 4.52. The highest BCUT2D eigenvalue weighted by molar-refractivity contribution is 6.42. The van der Waals surface area contributed by atoms with Gasteiger partial charge < -0.3 is 10.4 Å². The standard InChI is InChI=1S/C13H17Cl2NO.ClH/c14-11-5-4-9(7-12(11)15)10(8-17)13-3-1-2-6-16-13;/h4-5,7,10,13,16-17H,1-3,6,8H2;1H/t10-,13-;/m1./s1.